The molecule has 2 aromatic carbocycles. The maximum atomic E-state index is 5.79. The number of rotatable bonds is 3. The van der Waals surface area contributed by atoms with Crippen LogP contribution in [0.4, 0.5) is 0 Å². The molecule has 88 valence electrons. The zero-order valence-electron chi connectivity index (χ0n) is 10.1. The third-order valence-electron chi connectivity index (χ3n) is 4.24. The third kappa shape index (κ3) is 1.96. The van der Waals surface area contributed by atoms with Gasteiger partial charge in [-0.25, -0.2) is 0 Å². The lowest BCUT2D eigenvalue weighted by Crippen LogP contribution is -2.33. The second kappa shape index (κ2) is 4.50. The Balaban J connectivity index is 1.90. The summed E-state index contributed by atoms with van der Waals surface area (Å²) in [5, 5.41) is 2.77. The van der Waals surface area contributed by atoms with E-state index in [1.807, 2.05) is 0 Å². The monoisotopic (exact) mass is 225 g/mol. The molecule has 0 amide bonds. The van der Waals surface area contributed by atoms with Crippen molar-refractivity contribution < 1.29 is 0 Å². The summed E-state index contributed by atoms with van der Waals surface area (Å²) in [6.45, 7) is 0.857. The molecule has 1 heteroatoms. The highest BCUT2D eigenvalue weighted by Crippen LogP contribution is 2.37. The fourth-order valence-corrected chi connectivity index (χ4v) is 2.97. The van der Waals surface area contributed by atoms with Crippen LogP contribution in [0.15, 0.2) is 42.5 Å². The number of nitrogens with two attached hydrogens (primary N) is 1. The van der Waals surface area contributed by atoms with Crippen molar-refractivity contribution in [3.05, 3.63) is 48.0 Å². The second-order valence-electron chi connectivity index (χ2n) is 5.18. The van der Waals surface area contributed by atoms with Crippen LogP contribution in [0.3, 0.4) is 0 Å². The van der Waals surface area contributed by atoms with Crippen LogP contribution in [-0.2, 0) is 6.42 Å². The van der Waals surface area contributed by atoms with Gasteiger partial charge in [-0.05, 0) is 54.0 Å². The minimum atomic E-state index is 0.758. The van der Waals surface area contributed by atoms with E-state index in [0.717, 1.165) is 18.4 Å². The number of hydrogen-bond acceptors (Lipinski definition) is 1. The molecule has 3 rings (SSSR count). The van der Waals surface area contributed by atoms with Gasteiger partial charge in [0.15, 0.2) is 0 Å². The zero-order chi connectivity index (χ0) is 11.7. The van der Waals surface area contributed by atoms with Crippen molar-refractivity contribution in [1.29, 1.82) is 0 Å². The van der Waals surface area contributed by atoms with Gasteiger partial charge in [0.1, 0.15) is 0 Å². The van der Waals surface area contributed by atoms with Gasteiger partial charge in [-0.1, -0.05) is 42.5 Å². The van der Waals surface area contributed by atoms with Crippen molar-refractivity contribution in [2.75, 3.05) is 6.54 Å². The summed E-state index contributed by atoms with van der Waals surface area (Å²) >= 11 is 0. The van der Waals surface area contributed by atoms with Gasteiger partial charge in [0, 0.05) is 0 Å². The summed E-state index contributed by atoms with van der Waals surface area (Å²) in [5.41, 5.74) is 7.28. The van der Waals surface area contributed by atoms with Crippen LogP contribution >= 0.6 is 0 Å². The number of fused-ring (bicyclic) bond motifs is 1. The summed E-state index contributed by atoms with van der Waals surface area (Å²) in [6.07, 6.45) is 3.88. The van der Waals surface area contributed by atoms with Gasteiger partial charge in [0.05, 0.1) is 0 Å². The second-order valence-corrected chi connectivity index (χ2v) is 5.18. The normalized spacial score (nSPS) is 23.6. The van der Waals surface area contributed by atoms with E-state index in [1.165, 1.54) is 35.6 Å². The van der Waals surface area contributed by atoms with E-state index in [4.69, 9.17) is 5.73 Å². The number of hydrogen-bond donors (Lipinski definition) is 1. The van der Waals surface area contributed by atoms with Crippen molar-refractivity contribution in [2.24, 2.45) is 17.6 Å². The van der Waals surface area contributed by atoms with Crippen LogP contribution in [0.25, 0.3) is 10.8 Å². The Morgan fingerprint density at radius 2 is 1.71 bits per heavy atom. The summed E-state index contributed by atoms with van der Waals surface area (Å²) in [7, 11) is 0. The van der Waals surface area contributed by atoms with Crippen LogP contribution in [0.1, 0.15) is 18.4 Å². The molecule has 2 aromatic rings. The van der Waals surface area contributed by atoms with Crippen molar-refractivity contribution in [1.82, 2.24) is 0 Å². The molecule has 17 heavy (non-hydrogen) atoms. The first-order valence-corrected chi connectivity index (χ1v) is 6.55. The molecule has 1 saturated carbocycles. The van der Waals surface area contributed by atoms with Gasteiger partial charge in [0.25, 0.3) is 0 Å². The molecule has 0 bridgehead atoms. The average Bonchev–Trinajstić information content (AvgIpc) is 2.35. The van der Waals surface area contributed by atoms with E-state index in [1.54, 1.807) is 0 Å². The lowest BCUT2D eigenvalue weighted by molar-refractivity contribution is 0.183. The van der Waals surface area contributed by atoms with E-state index in [2.05, 4.69) is 42.5 Å². The first-order valence-electron chi connectivity index (χ1n) is 6.55. The lowest BCUT2D eigenvalue weighted by Gasteiger charge is -2.36. The van der Waals surface area contributed by atoms with Crippen molar-refractivity contribution in [2.45, 2.75) is 19.3 Å². The van der Waals surface area contributed by atoms with Crippen LogP contribution in [-0.4, -0.2) is 6.54 Å². The van der Waals surface area contributed by atoms with Gasteiger partial charge in [0.2, 0.25) is 0 Å². The van der Waals surface area contributed by atoms with Gasteiger partial charge in [-0.2, -0.15) is 0 Å². The minimum absolute atomic E-state index is 0.758. The molecule has 2 N–H and O–H groups in total. The van der Waals surface area contributed by atoms with Crippen LogP contribution in [0, 0.1) is 11.8 Å². The highest BCUT2D eigenvalue weighted by atomic mass is 14.6. The highest BCUT2D eigenvalue weighted by Gasteiger charge is 2.29. The SMILES string of the molecule is NCC1CCC1Cc1cccc2ccccc12. The molecule has 0 aliphatic heterocycles. The molecular formula is C16H19N. The quantitative estimate of drug-likeness (QED) is 0.851. The molecule has 1 nitrogen and oxygen atoms in total. The topological polar surface area (TPSA) is 26.0 Å². The Bertz CT molecular complexity index is 510. The molecule has 2 atom stereocenters. The third-order valence-corrected chi connectivity index (χ3v) is 4.24. The van der Waals surface area contributed by atoms with Crippen molar-refractivity contribution in [3.63, 3.8) is 0 Å². The molecule has 0 aromatic heterocycles. The molecule has 2 unspecified atom stereocenters. The fraction of sp³-hybridized carbons (Fsp3) is 0.375. The number of benzene rings is 2. The standard InChI is InChI=1S/C16H19N/c17-11-15-9-8-13(15)10-14-6-3-5-12-4-1-2-7-16(12)14/h1-7,13,15H,8-11,17H2. The van der Waals surface area contributed by atoms with Crippen LogP contribution in [0.2, 0.25) is 0 Å². The molecule has 0 heterocycles. The fourth-order valence-electron chi connectivity index (χ4n) is 2.97. The summed E-state index contributed by atoms with van der Waals surface area (Å²) in [6, 6.07) is 15.3. The molecule has 1 fully saturated rings. The smallest absolute Gasteiger partial charge is 0.00461 e. The Kier molecular flexibility index (Phi) is 2.86. The Hall–Kier alpha value is -1.34. The van der Waals surface area contributed by atoms with E-state index in [9.17, 15) is 0 Å². The van der Waals surface area contributed by atoms with Crippen molar-refractivity contribution >= 4 is 10.8 Å². The maximum absolute atomic E-state index is 5.79. The van der Waals surface area contributed by atoms with E-state index < -0.39 is 0 Å². The zero-order valence-corrected chi connectivity index (χ0v) is 10.1. The largest absolute Gasteiger partial charge is 0.330 e. The molecule has 1 aliphatic rings. The first kappa shape index (κ1) is 10.8. The predicted molar refractivity (Wildman–Crippen MR) is 72.9 cm³/mol. The maximum Gasteiger partial charge on any atom is -0.00461 e. The van der Waals surface area contributed by atoms with Crippen molar-refractivity contribution in [3.8, 4) is 0 Å². The molecule has 1 aliphatic carbocycles. The van der Waals surface area contributed by atoms with E-state index in [0.29, 0.717) is 0 Å². The van der Waals surface area contributed by atoms with Gasteiger partial charge < -0.3 is 5.73 Å². The first-order chi connectivity index (χ1) is 8.38. The molecule has 0 radical (unpaired) electrons. The molecule has 0 saturated heterocycles. The Morgan fingerprint density at radius 1 is 0.941 bits per heavy atom. The average molecular weight is 225 g/mol. The summed E-state index contributed by atoms with van der Waals surface area (Å²) in [4.78, 5) is 0. The Morgan fingerprint density at radius 3 is 2.47 bits per heavy atom. The molecule has 0 spiro atoms. The Labute approximate surface area is 103 Å². The van der Waals surface area contributed by atoms with Crippen LogP contribution < -0.4 is 5.73 Å². The molecular weight excluding hydrogens is 206 g/mol. The summed E-state index contributed by atoms with van der Waals surface area (Å²) in [5.74, 6) is 1.57. The van der Waals surface area contributed by atoms with E-state index >= 15 is 0 Å². The van der Waals surface area contributed by atoms with E-state index in [-0.39, 0.29) is 0 Å². The lowest BCUT2D eigenvalue weighted by atomic mass is 9.70. The highest BCUT2D eigenvalue weighted by molar-refractivity contribution is 5.85. The minimum Gasteiger partial charge on any atom is -0.330 e. The van der Waals surface area contributed by atoms with Crippen LogP contribution in [0.5, 0.6) is 0 Å². The van der Waals surface area contributed by atoms with Gasteiger partial charge in [-0.3, -0.25) is 0 Å². The predicted octanol–water partition coefficient (Wildman–Crippen LogP) is 3.37. The van der Waals surface area contributed by atoms with Gasteiger partial charge in [-0.15, -0.1) is 0 Å². The van der Waals surface area contributed by atoms with Gasteiger partial charge >= 0.3 is 0 Å². The summed E-state index contributed by atoms with van der Waals surface area (Å²) < 4.78 is 0.